The van der Waals surface area contributed by atoms with Crippen molar-refractivity contribution >= 4 is 0 Å². The van der Waals surface area contributed by atoms with E-state index in [9.17, 15) is 0 Å². The Labute approximate surface area is 112 Å². The van der Waals surface area contributed by atoms with Gasteiger partial charge in [-0.25, -0.2) is 0 Å². The van der Waals surface area contributed by atoms with Gasteiger partial charge in [-0.2, -0.15) is 5.26 Å². The van der Waals surface area contributed by atoms with Gasteiger partial charge in [0.1, 0.15) is 5.54 Å². The molecule has 0 spiro atoms. The molecule has 2 atom stereocenters. The minimum atomic E-state index is -0.646. The maximum absolute atomic E-state index is 8.83. The van der Waals surface area contributed by atoms with Crippen LogP contribution >= 0.6 is 0 Å². The Morgan fingerprint density at radius 2 is 2.22 bits per heavy atom. The normalized spacial score (nSPS) is 24.1. The van der Waals surface area contributed by atoms with Gasteiger partial charge in [-0.3, -0.25) is 0 Å². The number of nitrogens with two attached hydrogens (primary N) is 1. The topological polar surface area (TPSA) is 56.3 Å². The van der Waals surface area contributed by atoms with Crippen molar-refractivity contribution in [3.8, 4) is 6.07 Å². The molecule has 0 aromatic heterocycles. The summed E-state index contributed by atoms with van der Waals surface area (Å²) in [6.07, 6.45) is 4.29. The van der Waals surface area contributed by atoms with E-state index >= 15 is 0 Å². The van der Waals surface area contributed by atoms with Gasteiger partial charge in [0.2, 0.25) is 0 Å². The van der Waals surface area contributed by atoms with Gasteiger partial charge in [0, 0.05) is 13.1 Å². The molecule has 0 bridgehead atoms. The van der Waals surface area contributed by atoms with E-state index in [2.05, 4.69) is 30.0 Å². The van der Waals surface area contributed by atoms with Crippen LogP contribution in [0.5, 0.6) is 0 Å². The van der Waals surface area contributed by atoms with E-state index in [-0.39, 0.29) is 0 Å². The number of nitriles is 1. The second-order valence-corrected chi connectivity index (χ2v) is 6.17. The summed E-state index contributed by atoms with van der Waals surface area (Å²) in [5, 5.41) is 8.83. The highest BCUT2D eigenvalue weighted by Crippen LogP contribution is 2.15. The SMILES string of the molecule is CN(CCCCC(C)(N)C#N)CC1CCN(C)C1. The molecule has 0 amide bonds. The van der Waals surface area contributed by atoms with Crippen LogP contribution in [0.4, 0.5) is 0 Å². The fourth-order valence-electron chi connectivity index (χ4n) is 2.64. The van der Waals surface area contributed by atoms with E-state index in [1.165, 1.54) is 26.1 Å². The Bertz CT molecular complexity index is 282. The zero-order valence-corrected chi connectivity index (χ0v) is 12.2. The number of hydrogen-bond donors (Lipinski definition) is 1. The van der Waals surface area contributed by atoms with Crippen LogP contribution in [0.1, 0.15) is 32.6 Å². The van der Waals surface area contributed by atoms with E-state index < -0.39 is 5.54 Å². The van der Waals surface area contributed by atoms with Gasteiger partial charge in [-0.05, 0) is 65.7 Å². The van der Waals surface area contributed by atoms with E-state index in [0.717, 1.165) is 31.7 Å². The van der Waals surface area contributed by atoms with Gasteiger partial charge in [0.05, 0.1) is 6.07 Å². The number of nitrogens with zero attached hydrogens (tertiary/aromatic N) is 3. The molecular formula is C14H28N4. The average Bonchev–Trinajstić information content (AvgIpc) is 2.70. The smallest absolute Gasteiger partial charge is 0.101 e. The number of hydrogen-bond acceptors (Lipinski definition) is 4. The third kappa shape index (κ3) is 5.81. The lowest BCUT2D eigenvalue weighted by Crippen LogP contribution is -2.34. The third-order valence-corrected chi connectivity index (χ3v) is 3.80. The molecule has 2 unspecified atom stereocenters. The molecule has 0 saturated carbocycles. The van der Waals surface area contributed by atoms with Crippen LogP contribution in [0.15, 0.2) is 0 Å². The average molecular weight is 252 g/mol. The van der Waals surface area contributed by atoms with Gasteiger partial charge >= 0.3 is 0 Å². The first kappa shape index (κ1) is 15.4. The standard InChI is InChI=1S/C14H28N4/c1-14(16,12-15)7-4-5-8-17(2)10-13-6-9-18(3)11-13/h13H,4-11,16H2,1-3H3. The van der Waals surface area contributed by atoms with Crippen LogP contribution in [0.2, 0.25) is 0 Å². The molecule has 1 heterocycles. The number of rotatable bonds is 7. The molecule has 1 aliphatic rings. The van der Waals surface area contributed by atoms with Crippen LogP contribution < -0.4 is 5.73 Å². The lowest BCUT2D eigenvalue weighted by atomic mass is 9.98. The van der Waals surface area contributed by atoms with Gasteiger partial charge < -0.3 is 15.5 Å². The van der Waals surface area contributed by atoms with Crippen molar-refractivity contribution in [1.82, 2.24) is 9.80 Å². The fraction of sp³-hybridized carbons (Fsp3) is 0.929. The molecule has 18 heavy (non-hydrogen) atoms. The molecule has 0 aromatic carbocycles. The van der Waals surface area contributed by atoms with Crippen molar-refractivity contribution in [2.75, 3.05) is 40.3 Å². The Kier molecular flexibility index (Phi) is 6.07. The minimum absolute atomic E-state index is 0.646. The molecule has 4 heteroatoms. The predicted molar refractivity (Wildman–Crippen MR) is 75.2 cm³/mol. The Morgan fingerprint density at radius 1 is 1.50 bits per heavy atom. The summed E-state index contributed by atoms with van der Waals surface area (Å²) >= 11 is 0. The zero-order valence-electron chi connectivity index (χ0n) is 12.2. The van der Waals surface area contributed by atoms with E-state index in [1.807, 2.05) is 6.92 Å². The van der Waals surface area contributed by atoms with Gasteiger partial charge in [-0.15, -0.1) is 0 Å². The van der Waals surface area contributed by atoms with Gasteiger partial charge in [0.15, 0.2) is 0 Å². The maximum Gasteiger partial charge on any atom is 0.101 e. The van der Waals surface area contributed by atoms with E-state index in [0.29, 0.717) is 0 Å². The van der Waals surface area contributed by atoms with Crippen LogP contribution in [-0.2, 0) is 0 Å². The lowest BCUT2D eigenvalue weighted by molar-refractivity contribution is 0.266. The summed E-state index contributed by atoms with van der Waals surface area (Å²) in [7, 11) is 4.40. The fourth-order valence-corrected chi connectivity index (χ4v) is 2.64. The monoisotopic (exact) mass is 252 g/mol. The number of unbranched alkanes of at least 4 members (excludes halogenated alkanes) is 1. The summed E-state index contributed by atoms with van der Waals surface area (Å²) < 4.78 is 0. The summed E-state index contributed by atoms with van der Waals surface area (Å²) in [6, 6.07) is 2.15. The molecule has 2 N–H and O–H groups in total. The molecule has 0 aliphatic carbocycles. The molecular weight excluding hydrogens is 224 g/mol. The Morgan fingerprint density at radius 3 is 2.78 bits per heavy atom. The molecule has 4 nitrogen and oxygen atoms in total. The van der Waals surface area contributed by atoms with Crippen molar-refractivity contribution in [1.29, 1.82) is 5.26 Å². The molecule has 0 radical (unpaired) electrons. The van der Waals surface area contributed by atoms with E-state index in [1.54, 1.807) is 0 Å². The number of likely N-dealkylation sites (tertiary alicyclic amines) is 1. The highest BCUT2D eigenvalue weighted by Gasteiger charge is 2.20. The van der Waals surface area contributed by atoms with Crippen molar-refractivity contribution in [2.45, 2.75) is 38.1 Å². The van der Waals surface area contributed by atoms with Crippen LogP contribution in [0.25, 0.3) is 0 Å². The molecule has 1 saturated heterocycles. The second kappa shape index (κ2) is 7.08. The maximum atomic E-state index is 8.83. The predicted octanol–water partition coefficient (Wildman–Crippen LogP) is 1.28. The first-order valence-corrected chi connectivity index (χ1v) is 7.00. The molecule has 0 aromatic rings. The lowest BCUT2D eigenvalue weighted by Gasteiger charge is -2.21. The van der Waals surface area contributed by atoms with Crippen molar-refractivity contribution in [2.24, 2.45) is 11.7 Å². The van der Waals surface area contributed by atoms with Crippen LogP contribution in [0.3, 0.4) is 0 Å². The van der Waals surface area contributed by atoms with Gasteiger partial charge in [-0.1, -0.05) is 0 Å². The highest BCUT2D eigenvalue weighted by atomic mass is 15.1. The molecule has 104 valence electrons. The van der Waals surface area contributed by atoms with Crippen molar-refractivity contribution < 1.29 is 0 Å². The van der Waals surface area contributed by atoms with Gasteiger partial charge in [0.25, 0.3) is 0 Å². The highest BCUT2D eigenvalue weighted by molar-refractivity contribution is 5.00. The van der Waals surface area contributed by atoms with Crippen molar-refractivity contribution in [3.63, 3.8) is 0 Å². The molecule has 1 aliphatic heterocycles. The summed E-state index contributed by atoms with van der Waals surface area (Å²) in [4.78, 5) is 4.83. The summed E-state index contributed by atoms with van der Waals surface area (Å²) in [6.45, 7) is 6.60. The second-order valence-electron chi connectivity index (χ2n) is 6.17. The van der Waals surface area contributed by atoms with E-state index in [4.69, 9.17) is 11.0 Å². The third-order valence-electron chi connectivity index (χ3n) is 3.80. The molecule has 1 fully saturated rings. The summed E-state index contributed by atoms with van der Waals surface area (Å²) in [5.41, 5.74) is 5.15. The first-order valence-electron chi connectivity index (χ1n) is 7.00. The largest absolute Gasteiger partial charge is 0.314 e. The quantitative estimate of drug-likeness (QED) is 0.694. The molecule has 1 rings (SSSR count). The minimum Gasteiger partial charge on any atom is -0.314 e. The van der Waals surface area contributed by atoms with Crippen LogP contribution in [0, 0.1) is 17.2 Å². The first-order chi connectivity index (χ1) is 8.43. The Hall–Kier alpha value is -0.630. The Balaban J connectivity index is 2.07. The summed E-state index contributed by atoms with van der Waals surface area (Å²) in [5.74, 6) is 0.832. The van der Waals surface area contributed by atoms with Crippen LogP contribution in [-0.4, -0.2) is 55.6 Å². The zero-order chi connectivity index (χ0) is 13.6. The van der Waals surface area contributed by atoms with Crippen molar-refractivity contribution in [3.05, 3.63) is 0 Å².